The standard InChI is InChI=1S/C21H17FO3/c1-24-20-11-16(13-23)10-19(17-8-5-9-18(22)12-17)21(20)25-14-15-6-3-2-4-7-15/h2-13H,14H2,1H3. The Balaban J connectivity index is 2.06. The zero-order valence-corrected chi connectivity index (χ0v) is 13.7. The lowest BCUT2D eigenvalue weighted by Gasteiger charge is -2.16. The number of halogens is 1. The number of rotatable bonds is 6. The van der Waals surface area contributed by atoms with Crippen LogP contribution in [0.4, 0.5) is 4.39 Å². The zero-order chi connectivity index (χ0) is 17.6. The van der Waals surface area contributed by atoms with Gasteiger partial charge in [-0.15, -0.1) is 0 Å². The largest absolute Gasteiger partial charge is 0.493 e. The molecule has 0 aliphatic carbocycles. The first-order chi connectivity index (χ1) is 12.2. The predicted octanol–water partition coefficient (Wildman–Crippen LogP) is 4.89. The summed E-state index contributed by atoms with van der Waals surface area (Å²) >= 11 is 0. The third-order valence-electron chi connectivity index (χ3n) is 3.79. The van der Waals surface area contributed by atoms with Crippen molar-refractivity contribution in [3.05, 3.63) is 83.7 Å². The highest BCUT2D eigenvalue weighted by atomic mass is 19.1. The van der Waals surface area contributed by atoms with E-state index in [2.05, 4.69) is 0 Å². The summed E-state index contributed by atoms with van der Waals surface area (Å²) < 4.78 is 25.0. The minimum atomic E-state index is -0.359. The molecule has 3 nitrogen and oxygen atoms in total. The lowest BCUT2D eigenvalue weighted by molar-refractivity contribution is 0.112. The van der Waals surface area contributed by atoms with E-state index in [1.165, 1.54) is 19.2 Å². The summed E-state index contributed by atoms with van der Waals surface area (Å²) in [6, 6.07) is 19.1. The summed E-state index contributed by atoms with van der Waals surface area (Å²) in [5, 5.41) is 0. The second kappa shape index (κ2) is 7.62. The summed E-state index contributed by atoms with van der Waals surface area (Å²) in [6.07, 6.45) is 0.728. The van der Waals surface area contributed by atoms with Crippen molar-refractivity contribution < 1.29 is 18.7 Å². The van der Waals surface area contributed by atoms with Gasteiger partial charge in [-0.3, -0.25) is 4.79 Å². The van der Waals surface area contributed by atoms with Crippen molar-refractivity contribution in [3.8, 4) is 22.6 Å². The van der Waals surface area contributed by atoms with Gasteiger partial charge in [0, 0.05) is 11.1 Å². The summed E-state index contributed by atoms with van der Waals surface area (Å²) in [7, 11) is 1.51. The van der Waals surface area contributed by atoms with E-state index in [0.29, 0.717) is 34.8 Å². The minimum absolute atomic E-state index is 0.333. The summed E-state index contributed by atoms with van der Waals surface area (Å²) in [5.41, 5.74) is 2.65. The number of carbonyl (C=O) groups is 1. The van der Waals surface area contributed by atoms with E-state index in [9.17, 15) is 9.18 Å². The maximum absolute atomic E-state index is 13.7. The van der Waals surface area contributed by atoms with Crippen LogP contribution in [0.2, 0.25) is 0 Å². The van der Waals surface area contributed by atoms with Gasteiger partial charge in [0.1, 0.15) is 18.7 Å². The molecular weight excluding hydrogens is 319 g/mol. The van der Waals surface area contributed by atoms with Crippen molar-refractivity contribution >= 4 is 6.29 Å². The molecule has 25 heavy (non-hydrogen) atoms. The van der Waals surface area contributed by atoms with Crippen molar-refractivity contribution in [2.24, 2.45) is 0 Å². The topological polar surface area (TPSA) is 35.5 Å². The highest BCUT2D eigenvalue weighted by Crippen LogP contribution is 2.40. The first-order valence-corrected chi connectivity index (χ1v) is 7.81. The molecule has 4 heteroatoms. The van der Waals surface area contributed by atoms with E-state index in [-0.39, 0.29) is 5.82 Å². The lowest BCUT2D eigenvalue weighted by Crippen LogP contribution is -2.01. The van der Waals surface area contributed by atoms with Crippen LogP contribution in [-0.4, -0.2) is 13.4 Å². The highest BCUT2D eigenvalue weighted by Gasteiger charge is 2.16. The number of hydrogen-bond acceptors (Lipinski definition) is 3. The van der Waals surface area contributed by atoms with Crippen LogP contribution in [0.1, 0.15) is 15.9 Å². The maximum Gasteiger partial charge on any atom is 0.169 e. The van der Waals surface area contributed by atoms with Gasteiger partial charge in [0.2, 0.25) is 0 Å². The van der Waals surface area contributed by atoms with Gasteiger partial charge in [0.15, 0.2) is 11.5 Å². The molecule has 0 atom stereocenters. The molecule has 0 N–H and O–H groups in total. The van der Waals surface area contributed by atoms with E-state index in [1.54, 1.807) is 24.3 Å². The summed E-state index contributed by atoms with van der Waals surface area (Å²) in [6.45, 7) is 0.333. The fourth-order valence-electron chi connectivity index (χ4n) is 2.59. The van der Waals surface area contributed by atoms with Crippen LogP contribution in [0, 0.1) is 5.82 Å². The average molecular weight is 336 g/mol. The number of hydrogen-bond donors (Lipinski definition) is 0. The van der Waals surface area contributed by atoms with Crippen molar-refractivity contribution in [1.29, 1.82) is 0 Å². The maximum atomic E-state index is 13.7. The number of aldehydes is 1. The Morgan fingerprint density at radius 2 is 1.80 bits per heavy atom. The summed E-state index contributed by atoms with van der Waals surface area (Å²) in [4.78, 5) is 11.2. The van der Waals surface area contributed by atoms with Crippen molar-refractivity contribution in [2.75, 3.05) is 7.11 Å². The molecule has 0 heterocycles. The molecule has 0 bridgehead atoms. The molecule has 0 fully saturated rings. The van der Waals surface area contributed by atoms with E-state index in [0.717, 1.165) is 11.8 Å². The van der Waals surface area contributed by atoms with Crippen LogP contribution in [-0.2, 0) is 6.61 Å². The van der Waals surface area contributed by atoms with Gasteiger partial charge >= 0.3 is 0 Å². The molecule has 3 aromatic carbocycles. The second-order valence-electron chi connectivity index (χ2n) is 5.50. The second-order valence-corrected chi connectivity index (χ2v) is 5.50. The predicted molar refractivity (Wildman–Crippen MR) is 94.5 cm³/mol. The molecule has 0 aliphatic heterocycles. The van der Waals surface area contributed by atoms with Crippen LogP contribution >= 0.6 is 0 Å². The minimum Gasteiger partial charge on any atom is -0.493 e. The average Bonchev–Trinajstić information content (AvgIpc) is 2.66. The molecule has 0 saturated carbocycles. The first kappa shape index (κ1) is 16.7. The normalized spacial score (nSPS) is 10.3. The van der Waals surface area contributed by atoms with Crippen molar-refractivity contribution in [2.45, 2.75) is 6.61 Å². The number of ether oxygens (including phenoxy) is 2. The fraction of sp³-hybridized carbons (Fsp3) is 0.0952. The van der Waals surface area contributed by atoms with Gasteiger partial charge in [-0.2, -0.15) is 0 Å². The van der Waals surface area contributed by atoms with Gasteiger partial charge in [0.25, 0.3) is 0 Å². The zero-order valence-electron chi connectivity index (χ0n) is 13.7. The first-order valence-electron chi connectivity index (χ1n) is 7.81. The van der Waals surface area contributed by atoms with E-state index in [1.807, 2.05) is 30.3 Å². The molecule has 0 aliphatic rings. The highest BCUT2D eigenvalue weighted by molar-refractivity contribution is 5.84. The van der Waals surface area contributed by atoms with Crippen LogP contribution in [0.25, 0.3) is 11.1 Å². The van der Waals surface area contributed by atoms with Crippen LogP contribution in [0.3, 0.4) is 0 Å². The summed E-state index contributed by atoms with van der Waals surface area (Å²) in [5.74, 6) is 0.546. The monoisotopic (exact) mass is 336 g/mol. The molecule has 3 rings (SSSR count). The third kappa shape index (κ3) is 3.86. The lowest BCUT2D eigenvalue weighted by atomic mass is 10.0. The molecule has 126 valence electrons. The Labute approximate surface area is 145 Å². The smallest absolute Gasteiger partial charge is 0.169 e. The van der Waals surface area contributed by atoms with E-state index in [4.69, 9.17) is 9.47 Å². The van der Waals surface area contributed by atoms with Crippen LogP contribution < -0.4 is 9.47 Å². The SMILES string of the molecule is COc1cc(C=O)cc(-c2cccc(F)c2)c1OCc1ccccc1. The van der Waals surface area contributed by atoms with Gasteiger partial charge in [-0.05, 0) is 35.4 Å². The molecule has 0 saturated heterocycles. The molecule has 0 unspecified atom stereocenters. The quantitative estimate of drug-likeness (QED) is 0.601. The molecule has 0 radical (unpaired) electrons. The van der Waals surface area contributed by atoms with Gasteiger partial charge in [0.05, 0.1) is 7.11 Å². The third-order valence-corrected chi connectivity index (χ3v) is 3.79. The van der Waals surface area contributed by atoms with E-state index < -0.39 is 0 Å². The number of benzene rings is 3. The van der Waals surface area contributed by atoms with Crippen molar-refractivity contribution in [1.82, 2.24) is 0 Å². The van der Waals surface area contributed by atoms with Gasteiger partial charge in [-0.1, -0.05) is 42.5 Å². The number of carbonyl (C=O) groups excluding carboxylic acids is 1. The Bertz CT molecular complexity index is 876. The Hall–Kier alpha value is -3.14. The van der Waals surface area contributed by atoms with Gasteiger partial charge < -0.3 is 9.47 Å². The van der Waals surface area contributed by atoms with Gasteiger partial charge in [-0.25, -0.2) is 4.39 Å². The van der Waals surface area contributed by atoms with E-state index >= 15 is 0 Å². The molecular formula is C21H17FO3. The van der Waals surface area contributed by atoms with Crippen LogP contribution in [0.15, 0.2) is 66.7 Å². The van der Waals surface area contributed by atoms with Crippen LogP contribution in [0.5, 0.6) is 11.5 Å². The molecule has 3 aromatic rings. The molecule has 0 aromatic heterocycles. The molecule has 0 amide bonds. The molecule has 0 spiro atoms. The fourth-order valence-corrected chi connectivity index (χ4v) is 2.59. The Kier molecular flexibility index (Phi) is 5.09. The number of methoxy groups -OCH3 is 1. The van der Waals surface area contributed by atoms with Crippen molar-refractivity contribution in [3.63, 3.8) is 0 Å². The Morgan fingerprint density at radius 1 is 1.00 bits per heavy atom. The Morgan fingerprint density at radius 3 is 2.48 bits per heavy atom.